The Balaban J connectivity index is 1.37. The first-order valence-corrected chi connectivity index (χ1v) is 11.2. The van der Waals surface area contributed by atoms with Crippen molar-refractivity contribution in [3.05, 3.63) is 71.8 Å². The van der Waals surface area contributed by atoms with Crippen molar-refractivity contribution in [2.24, 2.45) is 11.8 Å². The van der Waals surface area contributed by atoms with Crippen LogP contribution in [-0.4, -0.2) is 24.9 Å². The summed E-state index contributed by atoms with van der Waals surface area (Å²) in [5.74, 6) is 0.914. The quantitative estimate of drug-likeness (QED) is 0.671. The Hall–Kier alpha value is -2.62. The molecule has 30 heavy (non-hydrogen) atoms. The van der Waals surface area contributed by atoms with E-state index >= 15 is 0 Å². The molecule has 0 aromatic heterocycles. The Kier molecular flexibility index (Phi) is 8.06. The third-order valence-electron chi connectivity index (χ3n) is 6.37. The van der Waals surface area contributed by atoms with Crippen LogP contribution in [0.25, 0.3) is 0 Å². The predicted molar refractivity (Wildman–Crippen MR) is 121 cm³/mol. The number of hydrogen-bond donors (Lipinski definition) is 2. The van der Waals surface area contributed by atoms with Crippen LogP contribution < -0.4 is 10.6 Å². The van der Waals surface area contributed by atoms with Crippen LogP contribution in [0.4, 0.5) is 0 Å². The van der Waals surface area contributed by atoms with Crippen LogP contribution in [-0.2, 0) is 9.59 Å². The molecule has 4 nitrogen and oxygen atoms in total. The van der Waals surface area contributed by atoms with Gasteiger partial charge < -0.3 is 10.6 Å². The van der Waals surface area contributed by atoms with Gasteiger partial charge in [0.1, 0.15) is 0 Å². The van der Waals surface area contributed by atoms with E-state index in [9.17, 15) is 9.59 Å². The minimum atomic E-state index is 0.0280. The molecule has 160 valence electrons. The topological polar surface area (TPSA) is 58.2 Å². The van der Waals surface area contributed by atoms with Gasteiger partial charge in [-0.1, -0.05) is 74.5 Å². The van der Waals surface area contributed by atoms with Crippen molar-refractivity contribution in [3.63, 3.8) is 0 Å². The van der Waals surface area contributed by atoms with E-state index in [4.69, 9.17) is 0 Å². The second-order valence-electron chi connectivity index (χ2n) is 8.66. The lowest BCUT2D eigenvalue weighted by atomic mass is 9.81. The minimum absolute atomic E-state index is 0.0280. The highest BCUT2D eigenvalue weighted by Gasteiger charge is 2.30. The maximum atomic E-state index is 12.6. The molecule has 1 fully saturated rings. The predicted octanol–water partition coefficient (Wildman–Crippen LogP) is 4.63. The average molecular weight is 407 g/mol. The van der Waals surface area contributed by atoms with Gasteiger partial charge >= 0.3 is 0 Å². The molecule has 0 saturated heterocycles. The van der Waals surface area contributed by atoms with Gasteiger partial charge in [-0.05, 0) is 48.6 Å². The van der Waals surface area contributed by atoms with E-state index in [1.807, 2.05) is 36.4 Å². The van der Waals surface area contributed by atoms with Gasteiger partial charge in [0.15, 0.2) is 0 Å². The molecule has 0 heterocycles. The molecule has 2 aromatic rings. The maximum Gasteiger partial charge on any atom is 0.223 e. The summed E-state index contributed by atoms with van der Waals surface area (Å²) in [7, 11) is 0. The zero-order valence-electron chi connectivity index (χ0n) is 18.1. The number of benzene rings is 2. The molecule has 2 aromatic carbocycles. The van der Waals surface area contributed by atoms with Crippen LogP contribution in [0.3, 0.4) is 0 Å². The van der Waals surface area contributed by atoms with Crippen molar-refractivity contribution in [3.8, 4) is 0 Å². The number of amides is 2. The molecule has 0 bridgehead atoms. The number of hydrogen-bond acceptors (Lipinski definition) is 2. The largest absolute Gasteiger partial charge is 0.355 e. The number of nitrogens with one attached hydrogen (secondary N) is 2. The van der Waals surface area contributed by atoms with Gasteiger partial charge in [0.25, 0.3) is 0 Å². The first-order chi connectivity index (χ1) is 14.5. The zero-order valence-corrected chi connectivity index (χ0v) is 18.1. The molecule has 4 heteroatoms. The van der Waals surface area contributed by atoms with Crippen LogP contribution in [0, 0.1) is 11.8 Å². The summed E-state index contributed by atoms with van der Waals surface area (Å²) in [5.41, 5.74) is 2.48. The lowest BCUT2D eigenvalue weighted by Gasteiger charge is -2.28. The molecule has 1 aliphatic rings. The standard InChI is InChI=1S/C26H34N2O2/c1-19(21-9-5-3-6-10-21)17-27-25(29)23-13-15-24(16-14-23)26(30)28-18-20(2)22-11-7-4-8-12-22/h3-12,19-20,23-24H,13-18H2,1-2H3,(H,27,29)(H,28,30)/t19-,20-,23?,24?/m0/s1. The second-order valence-corrected chi connectivity index (χ2v) is 8.66. The molecule has 2 N–H and O–H groups in total. The molecule has 0 radical (unpaired) electrons. The normalized spacial score (nSPS) is 20.7. The third-order valence-corrected chi connectivity index (χ3v) is 6.37. The highest BCUT2D eigenvalue weighted by atomic mass is 16.2. The van der Waals surface area contributed by atoms with Crippen LogP contribution >= 0.6 is 0 Å². The fourth-order valence-electron chi connectivity index (χ4n) is 4.21. The van der Waals surface area contributed by atoms with Gasteiger partial charge in [-0.3, -0.25) is 9.59 Å². The third kappa shape index (κ3) is 6.19. The maximum absolute atomic E-state index is 12.6. The molecular formula is C26H34N2O2. The van der Waals surface area contributed by atoms with Gasteiger partial charge in [-0.2, -0.15) is 0 Å². The van der Waals surface area contributed by atoms with E-state index < -0.39 is 0 Å². The molecule has 2 atom stereocenters. The monoisotopic (exact) mass is 406 g/mol. The van der Waals surface area contributed by atoms with E-state index in [0.29, 0.717) is 24.9 Å². The van der Waals surface area contributed by atoms with Crippen LogP contribution in [0.5, 0.6) is 0 Å². The smallest absolute Gasteiger partial charge is 0.223 e. The lowest BCUT2D eigenvalue weighted by Crippen LogP contribution is -2.39. The van der Waals surface area contributed by atoms with Crippen molar-refractivity contribution < 1.29 is 9.59 Å². The molecule has 3 rings (SSSR count). The fourth-order valence-corrected chi connectivity index (χ4v) is 4.21. The second kappa shape index (κ2) is 11.0. The Morgan fingerprint density at radius 3 is 1.37 bits per heavy atom. The van der Waals surface area contributed by atoms with Crippen molar-refractivity contribution in [2.75, 3.05) is 13.1 Å². The minimum Gasteiger partial charge on any atom is -0.355 e. The van der Waals surface area contributed by atoms with E-state index in [1.54, 1.807) is 0 Å². The summed E-state index contributed by atoms with van der Waals surface area (Å²) in [6, 6.07) is 20.5. The van der Waals surface area contributed by atoms with Gasteiger partial charge in [-0.15, -0.1) is 0 Å². The van der Waals surface area contributed by atoms with Crippen molar-refractivity contribution in [1.29, 1.82) is 0 Å². The lowest BCUT2D eigenvalue weighted by molar-refractivity contribution is -0.130. The van der Waals surface area contributed by atoms with E-state index in [-0.39, 0.29) is 23.7 Å². The van der Waals surface area contributed by atoms with Gasteiger partial charge in [0, 0.05) is 24.9 Å². The first-order valence-electron chi connectivity index (χ1n) is 11.2. The van der Waals surface area contributed by atoms with Crippen molar-refractivity contribution in [1.82, 2.24) is 10.6 Å². The van der Waals surface area contributed by atoms with Crippen LogP contribution in [0.2, 0.25) is 0 Å². The molecule has 2 amide bonds. The molecule has 0 aliphatic heterocycles. The summed E-state index contributed by atoms with van der Waals surface area (Å²) >= 11 is 0. The summed E-state index contributed by atoms with van der Waals surface area (Å²) in [5, 5.41) is 6.23. The molecule has 1 saturated carbocycles. The van der Waals surface area contributed by atoms with E-state index in [0.717, 1.165) is 25.7 Å². The van der Waals surface area contributed by atoms with Gasteiger partial charge in [0.05, 0.1) is 0 Å². The highest BCUT2D eigenvalue weighted by molar-refractivity contribution is 5.81. The summed E-state index contributed by atoms with van der Waals surface area (Å²) in [6.07, 6.45) is 3.16. The van der Waals surface area contributed by atoms with Crippen molar-refractivity contribution >= 4 is 11.8 Å². The van der Waals surface area contributed by atoms with E-state index in [1.165, 1.54) is 11.1 Å². The van der Waals surface area contributed by atoms with E-state index in [2.05, 4.69) is 48.7 Å². The number of carbonyl (C=O) groups excluding carboxylic acids is 2. The highest BCUT2D eigenvalue weighted by Crippen LogP contribution is 2.29. The number of carbonyl (C=O) groups is 2. The average Bonchev–Trinajstić information content (AvgIpc) is 2.81. The summed E-state index contributed by atoms with van der Waals surface area (Å²) in [4.78, 5) is 25.1. The first kappa shape index (κ1) is 22.1. The molecule has 1 aliphatic carbocycles. The summed E-state index contributed by atoms with van der Waals surface area (Å²) < 4.78 is 0. The Morgan fingerprint density at radius 1 is 0.700 bits per heavy atom. The van der Waals surface area contributed by atoms with Gasteiger partial charge in [0.2, 0.25) is 11.8 Å². The van der Waals surface area contributed by atoms with Crippen LogP contribution in [0.15, 0.2) is 60.7 Å². The zero-order chi connectivity index (χ0) is 21.3. The van der Waals surface area contributed by atoms with Gasteiger partial charge in [-0.25, -0.2) is 0 Å². The van der Waals surface area contributed by atoms with Crippen LogP contribution in [0.1, 0.15) is 62.5 Å². The number of rotatable bonds is 8. The Labute approximate surface area is 180 Å². The Bertz CT molecular complexity index is 729. The van der Waals surface area contributed by atoms with Crippen molar-refractivity contribution in [2.45, 2.75) is 51.4 Å². The molecule has 0 spiro atoms. The fraction of sp³-hybridized carbons (Fsp3) is 0.462. The Morgan fingerprint density at radius 2 is 1.03 bits per heavy atom. The SMILES string of the molecule is C[C@@H](CNC(=O)C1CCC(C(=O)NC[C@H](C)c2ccccc2)CC1)c1ccccc1. The molecular weight excluding hydrogens is 372 g/mol. The molecule has 0 unspecified atom stereocenters. The summed E-state index contributed by atoms with van der Waals surface area (Å²) in [6.45, 7) is 5.57.